The molecule has 6 nitrogen and oxygen atoms in total. The zero-order valence-corrected chi connectivity index (χ0v) is 16.7. The van der Waals surface area contributed by atoms with Gasteiger partial charge in [-0.05, 0) is 36.2 Å². The Hall–Kier alpha value is -3.22. The van der Waals surface area contributed by atoms with Crippen LogP contribution in [-0.2, 0) is 4.74 Å². The fraction of sp³-hybridized carbons (Fsp3) is 0.174. The number of aromatic nitrogens is 3. The van der Waals surface area contributed by atoms with Crippen molar-refractivity contribution in [3.8, 4) is 22.6 Å². The summed E-state index contributed by atoms with van der Waals surface area (Å²) in [6, 6.07) is 15.0. The molecule has 0 saturated carbocycles. The first kappa shape index (κ1) is 18.8. The van der Waals surface area contributed by atoms with Crippen LogP contribution in [-0.4, -0.2) is 34.0 Å². The first-order chi connectivity index (χ1) is 14.7. The van der Waals surface area contributed by atoms with E-state index in [9.17, 15) is 4.79 Å². The number of para-hydroxylation sites is 1. The van der Waals surface area contributed by atoms with Crippen molar-refractivity contribution in [1.29, 1.82) is 0 Å². The molecule has 4 aromatic rings. The number of rotatable bonds is 5. The summed E-state index contributed by atoms with van der Waals surface area (Å²) in [4.78, 5) is 19.9. The van der Waals surface area contributed by atoms with Gasteiger partial charge in [-0.25, -0.2) is 9.97 Å². The molecular weight excluding hydrogens is 402 g/mol. The van der Waals surface area contributed by atoms with Crippen molar-refractivity contribution in [3.63, 3.8) is 0 Å². The van der Waals surface area contributed by atoms with Gasteiger partial charge >= 0.3 is 0 Å². The Labute approximate surface area is 178 Å². The number of aldehydes is 1. The third-order valence-corrected chi connectivity index (χ3v) is 5.59. The van der Waals surface area contributed by atoms with Gasteiger partial charge in [0, 0.05) is 18.4 Å². The van der Waals surface area contributed by atoms with Crippen molar-refractivity contribution in [2.75, 3.05) is 13.2 Å². The zero-order chi connectivity index (χ0) is 20.5. The van der Waals surface area contributed by atoms with E-state index in [2.05, 4.69) is 20.7 Å². The van der Waals surface area contributed by atoms with Gasteiger partial charge in [0.05, 0.1) is 23.6 Å². The molecule has 150 valence electrons. The summed E-state index contributed by atoms with van der Waals surface area (Å²) < 4.78 is 13.6. The number of ether oxygens (including phenoxy) is 2. The number of halogens is 1. The lowest BCUT2D eigenvalue weighted by atomic mass is 10.1. The van der Waals surface area contributed by atoms with E-state index in [0.29, 0.717) is 28.8 Å². The lowest BCUT2D eigenvalue weighted by molar-refractivity contribution is 0.112. The molecular formula is C23H18ClN3O3. The number of hydrogen-bond acceptors (Lipinski definition) is 5. The number of carbonyl (C=O) groups excluding carboxylic acids is 1. The molecule has 3 heterocycles. The van der Waals surface area contributed by atoms with Gasteiger partial charge in [-0.2, -0.15) is 0 Å². The normalized spacial score (nSPS) is 16.1. The fourth-order valence-electron chi connectivity index (χ4n) is 3.79. The van der Waals surface area contributed by atoms with E-state index in [4.69, 9.17) is 21.1 Å². The second-order valence-electron chi connectivity index (χ2n) is 7.11. The second-order valence-corrected chi connectivity index (χ2v) is 7.47. The van der Waals surface area contributed by atoms with Crippen molar-refractivity contribution in [3.05, 3.63) is 71.8 Å². The Morgan fingerprint density at radius 1 is 1.13 bits per heavy atom. The number of benzene rings is 2. The zero-order valence-electron chi connectivity index (χ0n) is 16.0. The molecule has 1 unspecified atom stereocenters. The lowest BCUT2D eigenvalue weighted by Gasteiger charge is -2.10. The van der Waals surface area contributed by atoms with Crippen molar-refractivity contribution in [2.24, 2.45) is 0 Å². The largest absolute Gasteiger partial charge is 0.457 e. The Balaban J connectivity index is 1.52. The van der Waals surface area contributed by atoms with Crippen LogP contribution in [0.4, 0.5) is 0 Å². The number of carbonyl (C=O) groups is 1. The molecule has 5 rings (SSSR count). The Bertz CT molecular complexity index is 1210. The highest BCUT2D eigenvalue weighted by atomic mass is 35.5. The molecule has 1 atom stereocenters. The third-order valence-electron chi connectivity index (χ3n) is 5.30. The molecule has 0 spiro atoms. The maximum Gasteiger partial charge on any atom is 0.153 e. The minimum atomic E-state index is 0.231. The van der Waals surface area contributed by atoms with Crippen molar-refractivity contribution < 1.29 is 14.3 Å². The van der Waals surface area contributed by atoms with Crippen LogP contribution in [0.5, 0.6) is 11.5 Å². The van der Waals surface area contributed by atoms with Crippen LogP contribution >= 0.6 is 11.6 Å². The smallest absolute Gasteiger partial charge is 0.153 e. The van der Waals surface area contributed by atoms with E-state index in [-0.39, 0.29) is 6.04 Å². The lowest BCUT2D eigenvalue weighted by Crippen LogP contribution is -2.07. The summed E-state index contributed by atoms with van der Waals surface area (Å²) >= 11 is 6.45. The van der Waals surface area contributed by atoms with Crippen LogP contribution in [0.25, 0.3) is 22.2 Å². The maximum atomic E-state index is 11.2. The molecule has 2 aromatic heterocycles. The number of nitrogens with zero attached hydrogens (tertiary/aromatic N) is 3. The first-order valence-corrected chi connectivity index (χ1v) is 10.0. The average Bonchev–Trinajstić information content (AvgIpc) is 3.43. The Morgan fingerprint density at radius 2 is 1.97 bits per heavy atom. The van der Waals surface area contributed by atoms with Crippen molar-refractivity contribution in [1.82, 2.24) is 14.5 Å². The summed E-state index contributed by atoms with van der Waals surface area (Å²) in [6.45, 7) is 1.40. The molecule has 0 N–H and O–H groups in total. The van der Waals surface area contributed by atoms with Gasteiger partial charge in [0.15, 0.2) is 6.29 Å². The van der Waals surface area contributed by atoms with E-state index >= 15 is 0 Å². The minimum Gasteiger partial charge on any atom is -0.457 e. The topological polar surface area (TPSA) is 66.2 Å². The van der Waals surface area contributed by atoms with Gasteiger partial charge < -0.3 is 14.0 Å². The van der Waals surface area contributed by atoms with E-state index in [1.54, 1.807) is 18.2 Å². The van der Waals surface area contributed by atoms with E-state index in [1.165, 1.54) is 6.33 Å². The predicted octanol–water partition coefficient (Wildman–Crippen LogP) is 5.32. The highest BCUT2D eigenvalue weighted by Crippen LogP contribution is 2.37. The first-order valence-electron chi connectivity index (χ1n) is 9.66. The monoisotopic (exact) mass is 419 g/mol. The molecule has 1 fully saturated rings. The number of fused-ring (bicyclic) bond motifs is 1. The molecule has 1 aliphatic rings. The molecule has 0 aliphatic carbocycles. The van der Waals surface area contributed by atoms with Crippen LogP contribution in [0, 0.1) is 0 Å². The summed E-state index contributed by atoms with van der Waals surface area (Å²) in [5.74, 6) is 1.16. The van der Waals surface area contributed by atoms with Crippen LogP contribution in [0.3, 0.4) is 0 Å². The Morgan fingerprint density at radius 3 is 2.73 bits per heavy atom. The van der Waals surface area contributed by atoms with Gasteiger partial charge in [0.25, 0.3) is 0 Å². The van der Waals surface area contributed by atoms with Gasteiger partial charge in [-0.3, -0.25) is 4.79 Å². The van der Waals surface area contributed by atoms with Crippen molar-refractivity contribution in [2.45, 2.75) is 12.5 Å². The van der Waals surface area contributed by atoms with Crippen LogP contribution in [0.15, 0.2) is 61.1 Å². The van der Waals surface area contributed by atoms with E-state index < -0.39 is 0 Å². The van der Waals surface area contributed by atoms with Gasteiger partial charge in [0.1, 0.15) is 28.6 Å². The SMILES string of the molecule is O=Cc1ccccc1Oc1ccc(-c2cn(C3CCOC3)c3ncnc(Cl)c23)cc1. The molecule has 1 aliphatic heterocycles. The summed E-state index contributed by atoms with van der Waals surface area (Å²) in [5, 5.41) is 1.25. The van der Waals surface area contributed by atoms with Gasteiger partial charge in [-0.15, -0.1) is 0 Å². The highest BCUT2D eigenvalue weighted by molar-refractivity contribution is 6.35. The summed E-state index contributed by atoms with van der Waals surface area (Å²) in [7, 11) is 0. The standard InChI is InChI=1S/C23H18ClN3O3/c24-22-21-19(11-27(17-9-10-29-13-17)23(21)26-14-25-22)15-5-7-18(8-6-15)30-20-4-2-1-3-16(20)12-28/h1-8,11-12,14,17H,9-10,13H2. The van der Waals surface area contributed by atoms with Gasteiger partial charge in [-0.1, -0.05) is 35.9 Å². The molecule has 7 heteroatoms. The van der Waals surface area contributed by atoms with E-state index in [0.717, 1.165) is 41.5 Å². The van der Waals surface area contributed by atoms with Crippen LogP contribution in [0.1, 0.15) is 22.8 Å². The third kappa shape index (κ3) is 3.34. The summed E-state index contributed by atoms with van der Waals surface area (Å²) in [6.07, 6.45) is 5.28. The molecule has 0 bridgehead atoms. The van der Waals surface area contributed by atoms with Gasteiger partial charge in [0.2, 0.25) is 0 Å². The average molecular weight is 420 g/mol. The maximum absolute atomic E-state index is 11.2. The Kier molecular flexibility index (Phi) is 4.94. The molecule has 2 aromatic carbocycles. The molecule has 30 heavy (non-hydrogen) atoms. The highest BCUT2D eigenvalue weighted by Gasteiger charge is 2.23. The minimum absolute atomic E-state index is 0.231. The number of hydrogen-bond donors (Lipinski definition) is 0. The van der Waals surface area contributed by atoms with E-state index in [1.807, 2.05) is 30.3 Å². The second kappa shape index (κ2) is 7.89. The quantitative estimate of drug-likeness (QED) is 0.323. The summed E-state index contributed by atoms with van der Waals surface area (Å²) in [5.41, 5.74) is 3.25. The molecule has 1 saturated heterocycles. The molecule has 0 radical (unpaired) electrons. The predicted molar refractivity (Wildman–Crippen MR) is 114 cm³/mol. The van der Waals surface area contributed by atoms with Crippen molar-refractivity contribution >= 4 is 28.9 Å². The molecule has 0 amide bonds. The van der Waals surface area contributed by atoms with Crippen LogP contribution in [0.2, 0.25) is 5.15 Å². The fourth-order valence-corrected chi connectivity index (χ4v) is 4.02. The van der Waals surface area contributed by atoms with Crippen LogP contribution < -0.4 is 4.74 Å².